The van der Waals surface area contributed by atoms with Crippen molar-refractivity contribution in [1.29, 1.82) is 0 Å². The van der Waals surface area contributed by atoms with Crippen LogP contribution in [0.2, 0.25) is 0 Å². The van der Waals surface area contributed by atoms with Gasteiger partial charge in [-0.1, -0.05) is 30.3 Å². The zero-order valence-electron chi connectivity index (χ0n) is 21.7. The van der Waals surface area contributed by atoms with Crippen LogP contribution in [0.4, 0.5) is 30.2 Å². The van der Waals surface area contributed by atoms with Gasteiger partial charge in [-0.05, 0) is 73.0 Å². The van der Waals surface area contributed by atoms with Crippen molar-refractivity contribution in [1.82, 2.24) is 0 Å². The van der Waals surface area contributed by atoms with E-state index >= 15 is 0 Å². The second-order valence-corrected chi connectivity index (χ2v) is 9.30. The van der Waals surface area contributed by atoms with Crippen molar-refractivity contribution in [3.63, 3.8) is 0 Å². The molecule has 0 spiro atoms. The van der Waals surface area contributed by atoms with Gasteiger partial charge in [-0.15, -0.1) is 13.2 Å². The summed E-state index contributed by atoms with van der Waals surface area (Å²) in [5.41, 5.74) is 6.16. The van der Waals surface area contributed by atoms with E-state index in [2.05, 4.69) is 15.3 Å². The van der Waals surface area contributed by atoms with Crippen molar-refractivity contribution < 1.29 is 37.7 Å². The smallest absolute Gasteiger partial charge is 0.505 e. The van der Waals surface area contributed by atoms with Crippen LogP contribution in [0.5, 0.6) is 11.5 Å². The molecule has 3 N–H and O–H groups in total. The molecule has 1 amide bonds. The molecule has 8 nitrogen and oxygen atoms in total. The first-order valence-corrected chi connectivity index (χ1v) is 12.2. The van der Waals surface area contributed by atoms with Crippen LogP contribution in [-0.2, 0) is 4.79 Å². The summed E-state index contributed by atoms with van der Waals surface area (Å²) in [5.74, 6) is -2.47. The molecule has 0 fully saturated rings. The Bertz CT molecular complexity index is 1730. The fourth-order valence-electron chi connectivity index (χ4n) is 4.46. The maximum atomic E-state index is 13.6. The zero-order valence-corrected chi connectivity index (χ0v) is 21.7. The van der Waals surface area contributed by atoms with Gasteiger partial charge in [0.05, 0.1) is 16.9 Å². The van der Waals surface area contributed by atoms with Gasteiger partial charge >= 0.3 is 12.3 Å². The van der Waals surface area contributed by atoms with E-state index in [4.69, 9.17) is 0 Å². The number of carboxylic acid groups (broad SMARTS) is 1. The van der Waals surface area contributed by atoms with Crippen molar-refractivity contribution in [3.05, 3.63) is 101 Å². The van der Waals surface area contributed by atoms with E-state index in [0.717, 1.165) is 23.3 Å². The molecule has 11 heteroatoms. The number of carbonyl (C=O) groups excluding carboxylic acids is 1. The molecule has 1 heterocycles. The number of carboxylic acids is 1. The third-order valence-corrected chi connectivity index (χ3v) is 6.60. The minimum atomic E-state index is -4.92. The number of hydrazone groups is 1. The number of nitrogens with one attached hydrogen (secondary N) is 1. The number of hydrogen-bond acceptors (Lipinski definition) is 6. The van der Waals surface area contributed by atoms with Gasteiger partial charge in [0.2, 0.25) is 0 Å². The normalized spacial score (nSPS) is 13.8. The number of fused-ring (bicyclic) bond motifs is 1. The summed E-state index contributed by atoms with van der Waals surface area (Å²) in [6, 6.07) is 19.5. The fraction of sp³-hybridized carbons (Fsp3) is 0.100. The Kier molecular flexibility index (Phi) is 6.87. The highest BCUT2D eigenvalue weighted by atomic mass is 19.4. The fourth-order valence-corrected chi connectivity index (χ4v) is 4.46. The molecule has 1 aliphatic rings. The Hall–Kier alpha value is -5.32. The van der Waals surface area contributed by atoms with Gasteiger partial charge in [-0.3, -0.25) is 15.1 Å². The number of carbonyl (C=O) groups is 2. The third kappa shape index (κ3) is 5.42. The summed E-state index contributed by atoms with van der Waals surface area (Å²) in [5, 5.41) is 24.5. The molecule has 0 bridgehead atoms. The van der Waals surface area contributed by atoms with Crippen LogP contribution >= 0.6 is 0 Å². The van der Waals surface area contributed by atoms with E-state index in [1.165, 1.54) is 29.2 Å². The Morgan fingerprint density at radius 1 is 0.927 bits per heavy atom. The van der Waals surface area contributed by atoms with Gasteiger partial charge in [0.1, 0.15) is 11.5 Å². The number of aryl methyl sites for hydroxylation is 2. The predicted molar refractivity (Wildman–Crippen MR) is 147 cm³/mol. The third-order valence-electron chi connectivity index (χ3n) is 6.60. The van der Waals surface area contributed by atoms with E-state index in [1.807, 2.05) is 13.8 Å². The molecular formula is C30H22F3N3O5. The van der Waals surface area contributed by atoms with Gasteiger partial charge < -0.3 is 14.9 Å². The highest BCUT2D eigenvalue weighted by Gasteiger charge is 2.37. The topological polar surface area (TPSA) is 111 Å². The number of alkyl halides is 3. The van der Waals surface area contributed by atoms with E-state index in [0.29, 0.717) is 16.8 Å². The number of aromatic carboxylic acids is 1. The van der Waals surface area contributed by atoms with Gasteiger partial charge in [0, 0.05) is 22.9 Å². The molecule has 0 saturated heterocycles. The van der Waals surface area contributed by atoms with Crippen LogP contribution in [0.25, 0.3) is 11.1 Å². The number of nitrogens with zero attached hydrogens (tertiary/aromatic N) is 2. The Morgan fingerprint density at radius 3 is 2.39 bits per heavy atom. The minimum absolute atomic E-state index is 0.0361. The summed E-state index contributed by atoms with van der Waals surface area (Å²) in [7, 11) is 0. The number of phenols is 1. The molecule has 41 heavy (non-hydrogen) atoms. The molecule has 1 aliphatic heterocycles. The number of ether oxygens (including phenoxy) is 1. The van der Waals surface area contributed by atoms with Gasteiger partial charge in [-0.2, -0.15) is 5.10 Å². The molecular weight excluding hydrogens is 539 g/mol. The average Bonchev–Trinajstić information content (AvgIpc) is 3.19. The highest BCUT2D eigenvalue weighted by molar-refractivity contribution is 6.55. The van der Waals surface area contributed by atoms with Crippen LogP contribution in [0.15, 0.2) is 84.0 Å². The standard InChI is InChI=1S/C30H22F3N3O5/c1-16-9-10-20(13-17(16)2)36-25-15-21(41-30(31,32)33)11-12-23(25)26(28(36)38)35-34-24-8-4-7-22(27(24)37)18-5-3-6-19(14-18)29(39)40/h3-15,34,37H,1-2H3,(H,39,40)/b35-26-. The SMILES string of the molecule is Cc1ccc(N2C(=O)/C(=N\Nc3cccc(-c4cccc(C(=O)O)c4)c3O)c3ccc(OC(F)(F)F)cc32)cc1C. The Balaban J connectivity index is 1.55. The summed E-state index contributed by atoms with van der Waals surface area (Å²) in [6.45, 7) is 3.74. The first-order valence-electron chi connectivity index (χ1n) is 12.2. The second kappa shape index (κ2) is 10.3. The number of amides is 1. The molecule has 0 atom stereocenters. The van der Waals surface area contributed by atoms with Crippen LogP contribution in [-0.4, -0.2) is 34.2 Å². The van der Waals surface area contributed by atoms with Gasteiger partial charge in [0.15, 0.2) is 5.71 Å². The van der Waals surface area contributed by atoms with Crippen molar-refractivity contribution >= 4 is 34.7 Å². The first kappa shape index (κ1) is 27.3. The second-order valence-electron chi connectivity index (χ2n) is 9.30. The van der Waals surface area contributed by atoms with Gasteiger partial charge in [-0.25, -0.2) is 4.79 Å². The Morgan fingerprint density at radius 2 is 1.68 bits per heavy atom. The van der Waals surface area contributed by atoms with Crippen molar-refractivity contribution in [2.75, 3.05) is 10.3 Å². The largest absolute Gasteiger partial charge is 0.573 e. The molecule has 0 radical (unpaired) electrons. The van der Waals surface area contributed by atoms with E-state index in [-0.39, 0.29) is 34.0 Å². The molecule has 5 rings (SSSR count). The van der Waals surface area contributed by atoms with E-state index in [1.54, 1.807) is 42.5 Å². The van der Waals surface area contributed by atoms with Crippen LogP contribution in [0.3, 0.4) is 0 Å². The lowest BCUT2D eigenvalue weighted by Crippen LogP contribution is -2.26. The number of halogens is 3. The number of rotatable bonds is 6. The molecule has 0 saturated carbocycles. The summed E-state index contributed by atoms with van der Waals surface area (Å²) in [6.07, 6.45) is -4.92. The summed E-state index contributed by atoms with van der Waals surface area (Å²) >= 11 is 0. The van der Waals surface area contributed by atoms with Gasteiger partial charge in [0.25, 0.3) is 5.91 Å². The number of aromatic hydroxyl groups is 1. The Labute approximate surface area is 231 Å². The van der Waals surface area contributed by atoms with E-state index < -0.39 is 24.0 Å². The molecule has 0 aliphatic carbocycles. The lowest BCUT2D eigenvalue weighted by molar-refractivity contribution is -0.274. The monoisotopic (exact) mass is 561 g/mol. The lowest BCUT2D eigenvalue weighted by atomic mass is 10.0. The van der Waals surface area contributed by atoms with Crippen molar-refractivity contribution in [3.8, 4) is 22.6 Å². The number of hydrogen-bond donors (Lipinski definition) is 3. The summed E-state index contributed by atoms with van der Waals surface area (Å²) < 4.78 is 42.9. The quantitative estimate of drug-likeness (QED) is 0.177. The summed E-state index contributed by atoms with van der Waals surface area (Å²) in [4.78, 5) is 26.3. The number of anilines is 3. The molecule has 0 aromatic heterocycles. The number of para-hydroxylation sites is 1. The van der Waals surface area contributed by atoms with Crippen molar-refractivity contribution in [2.24, 2.45) is 5.10 Å². The maximum absolute atomic E-state index is 13.6. The molecule has 0 unspecified atom stereocenters. The van der Waals surface area contributed by atoms with Crippen LogP contribution in [0, 0.1) is 13.8 Å². The number of benzene rings is 4. The lowest BCUT2D eigenvalue weighted by Gasteiger charge is -2.19. The maximum Gasteiger partial charge on any atom is 0.573 e. The predicted octanol–water partition coefficient (Wildman–Crippen LogP) is 6.77. The zero-order chi connectivity index (χ0) is 29.5. The molecule has 4 aromatic carbocycles. The molecule has 208 valence electrons. The number of phenolic OH excluding ortho intramolecular Hbond substituents is 1. The first-order chi connectivity index (χ1) is 19.4. The van der Waals surface area contributed by atoms with Crippen molar-refractivity contribution in [2.45, 2.75) is 20.2 Å². The minimum Gasteiger partial charge on any atom is -0.505 e. The van der Waals surface area contributed by atoms with Crippen LogP contribution < -0.4 is 15.1 Å². The van der Waals surface area contributed by atoms with E-state index in [9.17, 15) is 33.0 Å². The molecule has 4 aromatic rings. The van der Waals surface area contributed by atoms with Crippen LogP contribution in [0.1, 0.15) is 27.0 Å². The highest BCUT2D eigenvalue weighted by Crippen LogP contribution is 2.40. The average molecular weight is 562 g/mol.